The molecule has 0 spiro atoms. The number of aromatic nitrogens is 3. The standard InChI is InChI=1S/C49H36IN3O2/c1-3-4-14-32-27-54-39-25-36(28(2)40(32)39)49-52-47(30-16-8-5-9-17-30)51-48(53-49)35-22-13-24-38-43(35)42-33(21-12-23-37(42)55-38)34-20-10-6-7-15-29-18-11-19-31-26-50-46-44(34)45(46)41(29)31/h3-6,8-17,19-20,22-28,33,44H,1,7,18,21H2,2H3/b10-6+,14-4-,29-15-,34-20-. The molecule has 0 N–H and O–H groups in total. The highest BCUT2D eigenvalue weighted by Gasteiger charge is 2.46. The smallest absolute Gasteiger partial charge is 0.164 e. The van der Waals surface area contributed by atoms with Crippen molar-refractivity contribution in [2.45, 2.75) is 38.0 Å². The van der Waals surface area contributed by atoms with Crippen LogP contribution in [-0.2, 0) is 0 Å². The van der Waals surface area contributed by atoms with Crippen molar-refractivity contribution in [3.05, 3.63) is 182 Å². The summed E-state index contributed by atoms with van der Waals surface area (Å²) in [5, 5.41) is 1.09. The fourth-order valence-electron chi connectivity index (χ4n) is 9.05. The fourth-order valence-corrected chi connectivity index (χ4v) is 12.0. The lowest BCUT2D eigenvalue weighted by Gasteiger charge is -2.24. The molecule has 0 amide bonds. The predicted octanol–water partition coefficient (Wildman–Crippen LogP) is 12.6. The summed E-state index contributed by atoms with van der Waals surface area (Å²) in [4.78, 5) is 15.7. The predicted molar refractivity (Wildman–Crippen MR) is 232 cm³/mol. The quantitative estimate of drug-likeness (QED) is 0.126. The number of hydrogen-bond donors (Lipinski definition) is 0. The van der Waals surface area contributed by atoms with Crippen LogP contribution in [0.5, 0.6) is 0 Å². The van der Waals surface area contributed by atoms with Gasteiger partial charge >= 0.3 is 0 Å². The molecule has 1 aliphatic heterocycles. The normalized spacial score (nSPS) is 24.4. The highest BCUT2D eigenvalue weighted by Crippen LogP contribution is 2.63. The van der Waals surface area contributed by atoms with Gasteiger partial charge in [0.1, 0.15) is 17.1 Å². The lowest BCUT2D eigenvalue weighted by atomic mass is 9.78. The Morgan fingerprint density at radius 3 is 2.71 bits per heavy atom. The summed E-state index contributed by atoms with van der Waals surface area (Å²) < 4.78 is 17.0. The van der Waals surface area contributed by atoms with Crippen molar-refractivity contribution in [2.24, 2.45) is 5.92 Å². The van der Waals surface area contributed by atoms with E-state index in [1.54, 1.807) is 15.2 Å². The molecule has 3 aromatic heterocycles. The molecule has 55 heavy (non-hydrogen) atoms. The Morgan fingerprint density at radius 1 is 0.909 bits per heavy atom. The van der Waals surface area contributed by atoms with Gasteiger partial charge < -0.3 is 8.83 Å². The Labute approximate surface area is 329 Å². The van der Waals surface area contributed by atoms with Crippen LogP contribution in [0.25, 0.3) is 57.5 Å². The average molecular weight is 826 g/mol. The molecule has 0 radical (unpaired) electrons. The maximum absolute atomic E-state index is 6.73. The number of nitrogens with zero attached hydrogens (tertiary/aromatic N) is 3. The SMILES string of the molecule is C=C/C=C\c1coc2c1C(C)C(c1nc(-c3ccccc3)nc(-c3cccc4oc5c(c34)C(/C3=C/C=C/C/C=C4/CC=CC6=C4C4=C(I=C6)C43)CC=C5)n1)=C2. The van der Waals surface area contributed by atoms with E-state index >= 15 is 0 Å². The number of allylic oxidation sites excluding steroid dienone is 16. The zero-order valence-corrected chi connectivity index (χ0v) is 32.5. The van der Waals surface area contributed by atoms with Crippen LogP contribution in [0.15, 0.2) is 156 Å². The van der Waals surface area contributed by atoms with Crippen LogP contribution in [-0.4, -0.2) is 19.0 Å². The minimum absolute atomic E-state index is 0.0273. The highest BCUT2D eigenvalue weighted by molar-refractivity contribution is 14.2. The monoisotopic (exact) mass is 825 g/mol. The zero-order valence-electron chi connectivity index (χ0n) is 30.3. The topological polar surface area (TPSA) is 65.0 Å². The van der Waals surface area contributed by atoms with Gasteiger partial charge in [-0.15, -0.1) is 0 Å². The van der Waals surface area contributed by atoms with Gasteiger partial charge in [-0.1, -0.05) is 137 Å². The molecule has 3 unspecified atom stereocenters. The molecule has 4 heterocycles. The van der Waals surface area contributed by atoms with Gasteiger partial charge in [0, 0.05) is 60.1 Å². The second kappa shape index (κ2) is 12.9. The van der Waals surface area contributed by atoms with Crippen LogP contribution in [0.4, 0.5) is 0 Å². The lowest BCUT2D eigenvalue weighted by Crippen LogP contribution is -2.11. The molecule has 2 aromatic carbocycles. The van der Waals surface area contributed by atoms with E-state index in [-0.39, 0.29) is 32.6 Å². The minimum atomic E-state index is -0.161. The lowest BCUT2D eigenvalue weighted by molar-refractivity contribution is 0.555. The molecule has 6 aliphatic rings. The fraction of sp³-hybridized carbons (Fsp3) is 0.143. The van der Waals surface area contributed by atoms with Crippen molar-refractivity contribution in [3.8, 4) is 22.8 Å². The van der Waals surface area contributed by atoms with Gasteiger partial charge in [-0.25, -0.2) is 15.0 Å². The third-order valence-electron chi connectivity index (χ3n) is 11.6. The number of halogens is 1. The Hall–Kier alpha value is -5.73. The summed E-state index contributed by atoms with van der Waals surface area (Å²) >= 11 is -0.161. The molecule has 266 valence electrons. The molecule has 3 atom stereocenters. The molecule has 5 nitrogen and oxygen atoms in total. The van der Waals surface area contributed by atoms with Crippen molar-refractivity contribution >= 4 is 59.5 Å². The molecule has 5 aromatic rings. The summed E-state index contributed by atoms with van der Waals surface area (Å²) in [5.74, 6) is 4.27. The Bertz CT molecular complexity index is 2830. The maximum atomic E-state index is 6.73. The molecular weight excluding hydrogens is 789 g/mol. The van der Waals surface area contributed by atoms with Crippen LogP contribution >= 0.6 is 20.7 Å². The van der Waals surface area contributed by atoms with Gasteiger partial charge in [-0.3, -0.25) is 0 Å². The summed E-state index contributed by atoms with van der Waals surface area (Å²) in [6.45, 7) is 6.05. The van der Waals surface area contributed by atoms with E-state index < -0.39 is 0 Å². The summed E-state index contributed by atoms with van der Waals surface area (Å²) in [7, 11) is 0. The molecule has 5 aliphatic carbocycles. The maximum Gasteiger partial charge on any atom is 0.164 e. The van der Waals surface area contributed by atoms with Crippen molar-refractivity contribution in [1.82, 2.24) is 15.0 Å². The first-order valence-corrected chi connectivity index (χ1v) is 21.3. The van der Waals surface area contributed by atoms with E-state index in [0.717, 1.165) is 69.6 Å². The van der Waals surface area contributed by atoms with Gasteiger partial charge in [0.25, 0.3) is 0 Å². The highest BCUT2D eigenvalue weighted by atomic mass is 127. The Balaban J connectivity index is 1.06. The molecule has 0 saturated heterocycles. The summed E-state index contributed by atoms with van der Waals surface area (Å²) in [5.41, 5.74) is 14.7. The van der Waals surface area contributed by atoms with E-state index in [1.807, 2.05) is 36.6 Å². The van der Waals surface area contributed by atoms with Crippen molar-refractivity contribution in [1.29, 1.82) is 0 Å². The van der Waals surface area contributed by atoms with E-state index in [4.69, 9.17) is 23.8 Å². The first-order valence-electron chi connectivity index (χ1n) is 19.0. The Morgan fingerprint density at radius 2 is 1.80 bits per heavy atom. The van der Waals surface area contributed by atoms with Crippen LogP contribution in [0, 0.1) is 5.92 Å². The van der Waals surface area contributed by atoms with Crippen LogP contribution in [0.2, 0.25) is 0 Å². The van der Waals surface area contributed by atoms with E-state index in [0.29, 0.717) is 23.4 Å². The number of fused-ring (bicyclic) bond motifs is 5. The molecule has 0 bridgehead atoms. The second-order valence-corrected chi connectivity index (χ2v) is 17.1. The van der Waals surface area contributed by atoms with Crippen molar-refractivity contribution in [2.75, 3.05) is 0 Å². The number of furan rings is 2. The molecule has 0 fully saturated rings. The van der Waals surface area contributed by atoms with Crippen molar-refractivity contribution in [3.63, 3.8) is 0 Å². The van der Waals surface area contributed by atoms with Crippen LogP contribution < -0.4 is 0 Å². The van der Waals surface area contributed by atoms with E-state index in [1.165, 1.54) is 27.9 Å². The minimum Gasteiger partial charge on any atom is -0.464 e. The van der Waals surface area contributed by atoms with Gasteiger partial charge in [0.15, 0.2) is 17.5 Å². The first kappa shape index (κ1) is 32.7. The van der Waals surface area contributed by atoms with Gasteiger partial charge in [-0.2, -0.15) is 0 Å². The van der Waals surface area contributed by atoms with Crippen molar-refractivity contribution < 1.29 is 8.83 Å². The number of rotatable bonds is 6. The summed E-state index contributed by atoms with van der Waals surface area (Å²) in [6, 6.07) is 16.5. The first-order chi connectivity index (χ1) is 27.2. The van der Waals surface area contributed by atoms with Crippen LogP contribution in [0.3, 0.4) is 0 Å². The van der Waals surface area contributed by atoms with E-state index in [9.17, 15) is 0 Å². The van der Waals surface area contributed by atoms with Gasteiger partial charge in [0.2, 0.25) is 0 Å². The molecule has 11 rings (SSSR count). The van der Waals surface area contributed by atoms with E-state index in [2.05, 4.69) is 103 Å². The molecule has 0 saturated carbocycles. The second-order valence-electron chi connectivity index (χ2n) is 14.7. The molecule has 6 heteroatoms. The van der Waals surface area contributed by atoms with Crippen LogP contribution in [0.1, 0.15) is 72.1 Å². The average Bonchev–Trinajstić information content (AvgIpc) is 3.44. The number of benzene rings is 2. The Kier molecular flexibility index (Phi) is 7.69. The van der Waals surface area contributed by atoms with Gasteiger partial charge in [0.05, 0.1) is 6.26 Å². The summed E-state index contributed by atoms with van der Waals surface area (Å²) in [6.07, 6.45) is 31.1. The third-order valence-corrected chi connectivity index (χ3v) is 14.5. The third kappa shape index (κ3) is 5.25. The van der Waals surface area contributed by atoms with Gasteiger partial charge in [-0.05, 0) is 69.4 Å². The molecular formula is C49H36IN3O2. The zero-order chi connectivity index (χ0) is 36.6. The number of hydrogen-bond acceptors (Lipinski definition) is 5. The largest absolute Gasteiger partial charge is 0.464 e.